The van der Waals surface area contributed by atoms with Gasteiger partial charge in [0, 0.05) is 17.1 Å². The lowest BCUT2D eigenvalue weighted by Crippen LogP contribution is -2.04. The van der Waals surface area contributed by atoms with Crippen molar-refractivity contribution in [1.29, 1.82) is 0 Å². The maximum atomic E-state index is 12.4. The lowest BCUT2D eigenvalue weighted by Gasteiger charge is -2.09. The Labute approximate surface area is 93.7 Å². The first-order chi connectivity index (χ1) is 7.59. The summed E-state index contributed by atoms with van der Waals surface area (Å²) >= 11 is 0. The highest BCUT2D eigenvalue weighted by Crippen LogP contribution is 2.26. The molecule has 0 radical (unpaired) electrons. The van der Waals surface area contributed by atoms with E-state index in [2.05, 4.69) is 19.9 Å². The molecule has 0 N–H and O–H groups in total. The minimum atomic E-state index is -2.31. The fourth-order valence-corrected chi connectivity index (χ4v) is 2.06. The van der Waals surface area contributed by atoms with Gasteiger partial charge >= 0.3 is 0 Å². The summed E-state index contributed by atoms with van der Waals surface area (Å²) in [4.78, 5) is 0. The van der Waals surface area contributed by atoms with Crippen molar-refractivity contribution < 1.29 is 8.78 Å². The molecule has 16 heavy (non-hydrogen) atoms. The number of hydrogen-bond donors (Lipinski definition) is 0. The van der Waals surface area contributed by atoms with E-state index in [-0.39, 0.29) is 6.54 Å². The van der Waals surface area contributed by atoms with E-state index in [1.54, 1.807) is 10.8 Å². The van der Waals surface area contributed by atoms with Gasteiger partial charge < -0.3 is 4.57 Å². The molecule has 0 saturated carbocycles. The van der Waals surface area contributed by atoms with E-state index >= 15 is 0 Å². The molecule has 2 rings (SSSR count). The molecule has 0 spiro atoms. The molecule has 3 heteroatoms. The predicted octanol–water partition coefficient (Wildman–Crippen LogP) is 4.03. The first-order valence-corrected chi connectivity index (χ1v) is 5.45. The van der Waals surface area contributed by atoms with Crippen LogP contribution in [-0.2, 0) is 6.54 Å². The van der Waals surface area contributed by atoms with Gasteiger partial charge in [0.05, 0.1) is 6.54 Å². The van der Waals surface area contributed by atoms with Crippen LogP contribution >= 0.6 is 0 Å². The molecule has 1 aromatic heterocycles. The number of alkyl halides is 2. The number of halogens is 2. The van der Waals surface area contributed by atoms with Gasteiger partial charge in [-0.05, 0) is 23.6 Å². The molecule has 0 unspecified atom stereocenters. The number of aromatic nitrogens is 1. The van der Waals surface area contributed by atoms with Crippen LogP contribution in [0.5, 0.6) is 0 Å². The SMILES string of the molecule is CC(C)c1cccc2c1ccn2CC(F)F. The van der Waals surface area contributed by atoms with E-state index in [9.17, 15) is 8.78 Å². The molecule has 0 amide bonds. The number of rotatable bonds is 3. The first kappa shape index (κ1) is 11.1. The fourth-order valence-electron chi connectivity index (χ4n) is 2.06. The van der Waals surface area contributed by atoms with Crippen molar-refractivity contribution in [1.82, 2.24) is 4.57 Å². The Hall–Kier alpha value is -1.38. The van der Waals surface area contributed by atoms with Gasteiger partial charge in [-0.25, -0.2) is 8.78 Å². The van der Waals surface area contributed by atoms with Crippen molar-refractivity contribution in [2.24, 2.45) is 0 Å². The average molecular weight is 223 g/mol. The fraction of sp³-hybridized carbons (Fsp3) is 0.385. The summed E-state index contributed by atoms with van der Waals surface area (Å²) in [5, 5.41) is 1.08. The molecule has 0 saturated heterocycles. The van der Waals surface area contributed by atoms with Crippen molar-refractivity contribution in [2.45, 2.75) is 32.7 Å². The van der Waals surface area contributed by atoms with Gasteiger partial charge in [0.25, 0.3) is 6.43 Å². The van der Waals surface area contributed by atoms with Crippen LogP contribution in [0, 0.1) is 0 Å². The van der Waals surface area contributed by atoms with Crippen molar-refractivity contribution in [3.63, 3.8) is 0 Å². The highest BCUT2D eigenvalue weighted by Gasteiger charge is 2.10. The smallest absolute Gasteiger partial charge is 0.256 e. The van der Waals surface area contributed by atoms with E-state index in [0.29, 0.717) is 5.92 Å². The molecule has 1 heterocycles. The molecule has 0 aliphatic carbocycles. The normalized spacial score (nSPS) is 11.9. The summed E-state index contributed by atoms with van der Waals surface area (Å²) in [7, 11) is 0. The van der Waals surface area contributed by atoms with Gasteiger partial charge in [-0.2, -0.15) is 0 Å². The zero-order valence-corrected chi connectivity index (χ0v) is 9.45. The van der Waals surface area contributed by atoms with Crippen molar-refractivity contribution >= 4 is 10.9 Å². The number of fused-ring (bicyclic) bond motifs is 1. The Balaban J connectivity index is 2.52. The van der Waals surface area contributed by atoms with Crippen molar-refractivity contribution in [2.75, 3.05) is 0 Å². The number of nitrogens with zero attached hydrogens (tertiary/aromatic N) is 1. The van der Waals surface area contributed by atoms with Gasteiger partial charge in [-0.1, -0.05) is 26.0 Å². The monoisotopic (exact) mass is 223 g/mol. The van der Waals surface area contributed by atoms with Crippen LogP contribution in [0.2, 0.25) is 0 Å². The Morgan fingerprint density at radius 2 is 1.94 bits per heavy atom. The van der Waals surface area contributed by atoms with E-state index in [1.807, 2.05) is 18.2 Å². The van der Waals surface area contributed by atoms with E-state index in [0.717, 1.165) is 10.9 Å². The largest absolute Gasteiger partial charge is 0.342 e. The molecule has 2 aromatic rings. The minimum absolute atomic E-state index is 0.231. The Morgan fingerprint density at radius 1 is 1.19 bits per heavy atom. The highest BCUT2D eigenvalue weighted by molar-refractivity contribution is 5.84. The third-order valence-electron chi connectivity index (χ3n) is 2.80. The van der Waals surface area contributed by atoms with Crippen molar-refractivity contribution in [3.8, 4) is 0 Å². The topological polar surface area (TPSA) is 4.93 Å². The van der Waals surface area contributed by atoms with E-state index in [4.69, 9.17) is 0 Å². The Bertz CT molecular complexity index is 486. The standard InChI is InChI=1S/C13H15F2N/c1-9(2)10-4-3-5-12-11(10)6-7-16(12)8-13(14)15/h3-7,9,13H,8H2,1-2H3. The highest BCUT2D eigenvalue weighted by atomic mass is 19.3. The Kier molecular flexibility index (Phi) is 2.95. The van der Waals surface area contributed by atoms with Crippen molar-refractivity contribution in [3.05, 3.63) is 36.0 Å². The second-order valence-corrected chi connectivity index (χ2v) is 4.29. The molecule has 1 aromatic carbocycles. The van der Waals surface area contributed by atoms with E-state index < -0.39 is 6.43 Å². The van der Waals surface area contributed by atoms with Crippen LogP contribution < -0.4 is 0 Å². The summed E-state index contributed by atoms with van der Waals surface area (Å²) in [5.74, 6) is 0.408. The molecule has 0 aliphatic rings. The van der Waals surface area contributed by atoms with Crippen LogP contribution in [0.4, 0.5) is 8.78 Å². The second kappa shape index (κ2) is 4.24. The summed E-state index contributed by atoms with van der Waals surface area (Å²) in [5.41, 5.74) is 2.11. The molecular formula is C13H15F2N. The molecule has 0 atom stereocenters. The minimum Gasteiger partial charge on any atom is -0.342 e. The number of benzene rings is 1. The summed E-state index contributed by atoms with van der Waals surface area (Å²) in [6.07, 6.45) is -0.568. The summed E-state index contributed by atoms with van der Waals surface area (Å²) < 4.78 is 26.3. The van der Waals surface area contributed by atoms with Gasteiger partial charge in [0.2, 0.25) is 0 Å². The lowest BCUT2D eigenvalue weighted by molar-refractivity contribution is 0.128. The molecule has 0 fully saturated rings. The molecular weight excluding hydrogens is 208 g/mol. The zero-order valence-electron chi connectivity index (χ0n) is 9.45. The predicted molar refractivity (Wildman–Crippen MR) is 62.0 cm³/mol. The lowest BCUT2D eigenvalue weighted by atomic mass is 9.99. The van der Waals surface area contributed by atoms with E-state index in [1.165, 1.54) is 5.56 Å². The second-order valence-electron chi connectivity index (χ2n) is 4.29. The third-order valence-corrected chi connectivity index (χ3v) is 2.80. The first-order valence-electron chi connectivity index (χ1n) is 5.45. The van der Waals surface area contributed by atoms with Crippen LogP contribution in [0.25, 0.3) is 10.9 Å². The van der Waals surface area contributed by atoms with Crippen LogP contribution in [0.15, 0.2) is 30.5 Å². The van der Waals surface area contributed by atoms with Gasteiger partial charge in [0.15, 0.2) is 0 Å². The van der Waals surface area contributed by atoms with Gasteiger partial charge in [-0.3, -0.25) is 0 Å². The van der Waals surface area contributed by atoms with Gasteiger partial charge in [-0.15, -0.1) is 0 Å². The molecule has 86 valence electrons. The molecule has 0 aliphatic heterocycles. The Morgan fingerprint density at radius 3 is 2.56 bits per heavy atom. The summed E-state index contributed by atoms with van der Waals surface area (Å²) in [6.45, 7) is 3.99. The van der Waals surface area contributed by atoms with Gasteiger partial charge in [0.1, 0.15) is 0 Å². The molecule has 0 bridgehead atoms. The maximum Gasteiger partial charge on any atom is 0.256 e. The van der Waals surface area contributed by atoms with Crippen LogP contribution in [0.1, 0.15) is 25.3 Å². The summed E-state index contributed by atoms with van der Waals surface area (Å²) in [6, 6.07) is 7.80. The average Bonchev–Trinajstić information content (AvgIpc) is 2.60. The maximum absolute atomic E-state index is 12.4. The zero-order chi connectivity index (χ0) is 11.7. The third kappa shape index (κ3) is 1.94. The number of hydrogen-bond acceptors (Lipinski definition) is 0. The van der Waals surface area contributed by atoms with Crippen LogP contribution in [-0.4, -0.2) is 11.0 Å². The van der Waals surface area contributed by atoms with Crippen LogP contribution in [0.3, 0.4) is 0 Å². The molecule has 1 nitrogen and oxygen atoms in total. The quantitative estimate of drug-likeness (QED) is 0.740.